The summed E-state index contributed by atoms with van der Waals surface area (Å²) < 4.78 is 23.4. The van der Waals surface area contributed by atoms with Gasteiger partial charge in [0.15, 0.2) is 9.84 Å². The van der Waals surface area contributed by atoms with E-state index in [-0.39, 0.29) is 11.7 Å². The monoisotopic (exact) mass is 208 g/mol. The molecule has 3 heteroatoms. The Balaban J connectivity index is 2.66. The van der Waals surface area contributed by atoms with Crippen molar-refractivity contribution in [3.05, 3.63) is 42.5 Å². The van der Waals surface area contributed by atoms with Gasteiger partial charge in [0, 0.05) is 5.92 Å². The number of rotatable bonds is 1. The van der Waals surface area contributed by atoms with Gasteiger partial charge in [-0.05, 0) is 18.1 Å². The van der Waals surface area contributed by atoms with E-state index in [2.05, 4.69) is 6.58 Å². The minimum atomic E-state index is -3.03. The van der Waals surface area contributed by atoms with E-state index in [9.17, 15) is 8.42 Å². The smallest absolute Gasteiger partial charge is 0.178 e. The summed E-state index contributed by atoms with van der Waals surface area (Å²) >= 11 is 0. The Labute approximate surface area is 84.2 Å². The minimum absolute atomic E-state index is 0.190. The van der Waals surface area contributed by atoms with E-state index < -0.39 is 9.84 Å². The molecule has 74 valence electrons. The first kappa shape index (κ1) is 9.46. The third-order valence-corrected chi connectivity index (χ3v) is 4.45. The summed E-state index contributed by atoms with van der Waals surface area (Å²) in [5, 5.41) is 0. The van der Waals surface area contributed by atoms with Crippen LogP contribution in [0.3, 0.4) is 0 Å². The standard InChI is InChI=1S/C11H12O2S/c1-2-9-7-8-14(12,13)11-6-4-3-5-10(9)11/h2-6,9H,1,7-8H2/t9-/m1/s1. The Morgan fingerprint density at radius 2 is 2.07 bits per heavy atom. The first-order valence-electron chi connectivity index (χ1n) is 4.59. The van der Waals surface area contributed by atoms with Crippen LogP contribution >= 0.6 is 0 Å². The molecule has 1 atom stereocenters. The highest BCUT2D eigenvalue weighted by molar-refractivity contribution is 7.91. The molecule has 0 N–H and O–H groups in total. The van der Waals surface area contributed by atoms with Gasteiger partial charge in [-0.1, -0.05) is 24.3 Å². The highest BCUT2D eigenvalue weighted by atomic mass is 32.2. The number of benzene rings is 1. The van der Waals surface area contributed by atoms with Gasteiger partial charge in [0.2, 0.25) is 0 Å². The van der Waals surface area contributed by atoms with E-state index in [1.807, 2.05) is 18.2 Å². The van der Waals surface area contributed by atoms with Crippen molar-refractivity contribution in [3.63, 3.8) is 0 Å². The molecular weight excluding hydrogens is 196 g/mol. The molecule has 2 rings (SSSR count). The molecule has 1 aliphatic heterocycles. The average molecular weight is 208 g/mol. The Kier molecular flexibility index (Phi) is 2.19. The van der Waals surface area contributed by atoms with Crippen LogP contribution in [0.15, 0.2) is 41.8 Å². The van der Waals surface area contributed by atoms with Gasteiger partial charge < -0.3 is 0 Å². The fourth-order valence-electron chi connectivity index (χ4n) is 1.86. The summed E-state index contributed by atoms with van der Waals surface area (Å²) in [4.78, 5) is 0.483. The second-order valence-electron chi connectivity index (χ2n) is 3.49. The van der Waals surface area contributed by atoms with Crippen molar-refractivity contribution in [2.45, 2.75) is 17.2 Å². The van der Waals surface area contributed by atoms with Crippen LogP contribution in [0.25, 0.3) is 0 Å². The zero-order chi connectivity index (χ0) is 10.2. The van der Waals surface area contributed by atoms with Crippen LogP contribution in [0, 0.1) is 0 Å². The number of allylic oxidation sites excluding steroid dienone is 1. The van der Waals surface area contributed by atoms with Gasteiger partial charge in [-0.15, -0.1) is 6.58 Å². The van der Waals surface area contributed by atoms with Gasteiger partial charge in [0.25, 0.3) is 0 Å². The van der Waals surface area contributed by atoms with Gasteiger partial charge in [-0.25, -0.2) is 8.42 Å². The van der Waals surface area contributed by atoms with Gasteiger partial charge in [0.05, 0.1) is 10.6 Å². The van der Waals surface area contributed by atoms with Crippen LogP contribution in [0.1, 0.15) is 17.9 Å². The van der Waals surface area contributed by atoms with Crippen LogP contribution in [0.5, 0.6) is 0 Å². The summed E-state index contributed by atoms with van der Waals surface area (Å²) in [5.74, 6) is 0.426. The molecule has 0 saturated heterocycles. The van der Waals surface area contributed by atoms with Crippen molar-refractivity contribution in [1.82, 2.24) is 0 Å². The molecule has 0 aliphatic carbocycles. The fraction of sp³-hybridized carbons (Fsp3) is 0.273. The SMILES string of the molecule is C=C[C@@H]1CCS(=O)(=O)c2ccccc21. The molecule has 2 nitrogen and oxygen atoms in total. The van der Waals surface area contributed by atoms with Crippen LogP contribution in [-0.4, -0.2) is 14.2 Å². The molecule has 0 unspecified atom stereocenters. The third kappa shape index (κ3) is 1.38. The topological polar surface area (TPSA) is 34.1 Å². The van der Waals surface area contributed by atoms with E-state index in [1.54, 1.807) is 12.1 Å². The van der Waals surface area contributed by atoms with E-state index in [0.29, 0.717) is 11.3 Å². The first-order chi connectivity index (χ1) is 6.65. The second-order valence-corrected chi connectivity index (χ2v) is 5.57. The average Bonchev–Trinajstić information content (AvgIpc) is 2.18. The highest BCUT2D eigenvalue weighted by Crippen LogP contribution is 2.33. The Morgan fingerprint density at radius 1 is 1.36 bits per heavy atom. The van der Waals surface area contributed by atoms with Crippen LogP contribution in [0.2, 0.25) is 0 Å². The molecule has 0 fully saturated rings. The summed E-state index contributed by atoms with van der Waals surface area (Å²) in [7, 11) is -3.03. The van der Waals surface area contributed by atoms with E-state index >= 15 is 0 Å². The lowest BCUT2D eigenvalue weighted by molar-refractivity contribution is 0.581. The zero-order valence-corrected chi connectivity index (χ0v) is 8.63. The molecule has 1 aromatic rings. The predicted octanol–water partition coefficient (Wildman–Crippen LogP) is 2.13. The Hall–Kier alpha value is -1.09. The molecule has 0 aromatic heterocycles. The van der Waals surface area contributed by atoms with Crippen molar-refractivity contribution in [2.24, 2.45) is 0 Å². The molecule has 1 aliphatic rings. The van der Waals surface area contributed by atoms with E-state index in [4.69, 9.17) is 0 Å². The number of fused-ring (bicyclic) bond motifs is 1. The Bertz CT molecular complexity index is 460. The van der Waals surface area contributed by atoms with Gasteiger partial charge in [0.1, 0.15) is 0 Å². The zero-order valence-electron chi connectivity index (χ0n) is 7.81. The van der Waals surface area contributed by atoms with Gasteiger partial charge in [-0.3, -0.25) is 0 Å². The third-order valence-electron chi connectivity index (χ3n) is 2.64. The molecule has 0 radical (unpaired) electrons. The second kappa shape index (κ2) is 3.24. The van der Waals surface area contributed by atoms with Crippen LogP contribution in [-0.2, 0) is 9.84 Å². The van der Waals surface area contributed by atoms with Crippen molar-refractivity contribution in [1.29, 1.82) is 0 Å². The lowest BCUT2D eigenvalue weighted by atomic mass is 9.96. The fourth-order valence-corrected chi connectivity index (χ4v) is 3.51. The van der Waals surface area contributed by atoms with Gasteiger partial charge in [-0.2, -0.15) is 0 Å². The number of hydrogen-bond acceptors (Lipinski definition) is 2. The molecule has 0 amide bonds. The molecule has 0 bridgehead atoms. The highest BCUT2D eigenvalue weighted by Gasteiger charge is 2.27. The molecule has 0 spiro atoms. The maximum Gasteiger partial charge on any atom is 0.178 e. The summed E-state index contributed by atoms with van der Waals surface area (Å²) in [6.07, 6.45) is 2.48. The lowest BCUT2D eigenvalue weighted by Gasteiger charge is -2.22. The van der Waals surface area contributed by atoms with Crippen molar-refractivity contribution >= 4 is 9.84 Å². The molecule has 1 aromatic carbocycles. The maximum atomic E-state index is 11.7. The first-order valence-corrected chi connectivity index (χ1v) is 6.24. The molecule has 14 heavy (non-hydrogen) atoms. The Morgan fingerprint density at radius 3 is 2.79 bits per heavy atom. The largest absolute Gasteiger partial charge is 0.224 e. The normalized spacial score (nSPS) is 23.9. The lowest BCUT2D eigenvalue weighted by Crippen LogP contribution is -2.18. The quantitative estimate of drug-likeness (QED) is 0.662. The minimum Gasteiger partial charge on any atom is -0.224 e. The predicted molar refractivity (Wildman–Crippen MR) is 56.0 cm³/mol. The number of sulfone groups is 1. The van der Waals surface area contributed by atoms with E-state index in [1.165, 1.54) is 0 Å². The van der Waals surface area contributed by atoms with Crippen LogP contribution < -0.4 is 0 Å². The van der Waals surface area contributed by atoms with Gasteiger partial charge >= 0.3 is 0 Å². The van der Waals surface area contributed by atoms with Crippen molar-refractivity contribution in [3.8, 4) is 0 Å². The molecule has 0 saturated carbocycles. The van der Waals surface area contributed by atoms with E-state index in [0.717, 1.165) is 5.56 Å². The number of hydrogen-bond donors (Lipinski definition) is 0. The summed E-state index contributed by atoms with van der Waals surface area (Å²) in [6, 6.07) is 7.19. The van der Waals surface area contributed by atoms with Crippen LogP contribution in [0.4, 0.5) is 0 Å². The maximum absolute atomic E-state index is 11.7. The van der Waals surface area contributed by atoms with Crippen molar-refractivity contribution in [2.75, 3.05) is 5.75 Å². The summed E-state index contributed by atoms with van der Waals surface area (Å²) in [6.45, 7) is 3.74. The summed E-state index contributed by atoms with van der Waals surface area (Å²) in [5.41, 5.74) is 0.897. The molecule has 1 heterocycles. The van der Waals surface area contributed by atoms with Crippen molar-refractivity contribution < 1.29 is 8.42 Å². The molecular formula is C11H12O2S.